The molecule has 0 spiro atoms. The first-order chi connectivity index (χ1) is 17.5. The van der Waals surface area contributed by atoms with Crippen LogP contribution < -0.4 is 10.7 Å². The monoisotopic (exact) mass is 490 g/mol. The van der Waals surface area contributed by atoms with Crippen LogP contribution in [0.5, 0.6) is 0 Å². The van der Waals surface area contributed by atoms with Crippen LogP contribution in [0.1, 0.15) is 65.3 Å². The van der Waals surface area contributed by atoms with Crippen LogP contribution in [0.25, 0.3) is 6.08 Å². The lowest BCUT2D eigenvalue weighted by atomic mass is 9.89. The van der Waals surface area contributed by atoms with Gasteiger partial charge in [0.1, 0.15) is 11.1 Å². The highest BCUT2D eigenvalue weighted by molar-refractivity contribution is 5.99. The van der Waals surface area contributed by atoms with E-state index < -0.39 is 11.3 Å². The van der Waals surface area contributed by atoms with Gasteiger partial charge in [0.2, 0.25) is 5.43 Å². The molecule has 0 bridgehead atoms. The lowest BCUT2D eigenvalue weighted by Gasteiger charge is -2.34. The Hall–Kier alpha value is -3.19. The number of carbonyl (C=O) groups is 2. The number of carbonyl (C=O) groups excluding carboxylic acids is 2. The number of piperazine rings is 1. The maximum atomic E-state index is 13.5. The van der Waals surface area contributed by atoms with Crippen LogP contribution in [0.2, 0.25) is 0 Å². The third-order valence-corrected chi connectivity index (χ3v) is 7.22. The second-order valence-corrected chi connectivity index (χ2v) is 9.88. The van der Waals surface area contributed by atoms with Crippen LogP contribution in [0.15, 0.2) is 53.6 Å². The lowest BCUT2D eigenvalue weighted by Crippen LogP contribution is -2.49. The third kappa shape index (κ3) is 6.72. The van der Waals surface area contributed by atoms with Gasteiger partial charge in [-0.2, -0.15) is 0 Å². The van der Waals surface area contributed by atoms with Crippen molar-refractivity contribution in [3.63, 3.8) is 0 Å². The summed E-state index contributed by atoms with van der Waals surface area (Å²) in [7, 11) is 0. The topological polar surface area (TPSA) is 74.7 Å². The second-order valence-electron chi connectivity index (χ2n) is 9.88. The molecule has 2 heterocycles. The van der Waals surface area contributed by atoms with E-state index >= 15 is 0 Å². The molecule has 4 rings (SSSR count). The van der Waals surface area contributed by atoms with Crippen LogP contribution in [-0.2, 0) is 6.54 Å². The van der Waals surface area contributed by atoms with Crippen molar-refractivity contribution in [2.24, 2.45) is 5.92 Å². The Morgan fingerprint density at radius 3 is 2.36 bits per heavy atom. The van der Waals surface area contributed by atoms with E-state index in [0.717, 1.165) is 39.0 Å². The van der Waals surface area contributed by atoms with E-state index in [0.29, 0.717) is 25.6 Å². The highest BCUT2D eigenvalue weighted by Crippen LogP contribution is 2.25. The number of rotatable bonds is 8. The van der Waals surface area contributed by atoms with Crippen molar-refractivity contribution in [3.05, 3.63) is 75.7 Å². The summed E-state index contributed by atoms with van der Waals surface area (Å²) in [5.74, 6) is -0.175. The van der Waals surface area contributed by atoms with Crippen molar-refractivity contribution in [3.8, 4) is 0 Å². The molecule has 0 atom stereocenters. The van der Waals surface area contributed by atoms with E-state index in [1.807, 2.05) is 29.7 Å². The highest BCUT2D eigenvalue weighted by atomic mass is 16.2. The van der Waals surface area contributed by atoms with Crippen LogP contribution in [0, 0.1) is 5.92 Å². The number of aromatic nitrogens is 1. The third-order valence-electron chi connectivity index (χ3n) is 7.22. The summed E-state index contributed by atoms with van der Waals surface area (Å²) < 4.78 is 1.90. The molecule has 0 unspecified atom stereocenters. The van der Waals surface area contributed by atoms with Crippen molar-refractivity contribution < 1.29 is 9.59 Å². The molecular formula is C29H38N4O3. The summed E-state index contributed by atoms with van der Waals surface area (Å²) >= 11 is 0. The van der Waals surface area contributed by atoms with Crippen molar-refractivity contribution in [1.82, 2.24) is 19.7 Å². The molecule has 36 heavy (non-hydrogen) atoms. The highest BCUT2D eigenvalue weighted by Gasteiger charge is 2.26. The van der Waals surface area contributed by atoms with Crippen LogP contribution in [0.4, 0.5) is 0 Å². The van der Waals surface area contributed by atoms with Crippen molar-refractivity contribution in [1.29, 1.82) is 0 Å². The van der Waals surface area contributed by atoms with Gasteiger partial charge in [-0.05, 0) is 31.2 Å². The molecule has 1 saturated heterocycles. The van der Waals surface area contributed by atoms with Crippen molar-refractivity contribution in [2.45, 2.75) is 45.6 Å². The maximum absolute atomic E-state index is 13.5. The lowest BCUT2D eigenvalue weighted by molar-refractivity contribution is 0.0648. The average Bonchev–Trinajstić information content (AvgIpc) is 2.91. The standard InChI is InChI=1S/C29H38N4O3/c1-2-30-28(35)25-21-32(20-24-12-7-4-8-13-24)22-26(27(25)34)29(36)33-18-16-31(17-19-33)15-9-14-23-10-5-3-6-11-23/h3,5-6,9-11,14,21-22,24H,2,4,7-8,12-13,15-20H2,1H3,(H,30,35)/b14-9+. The van der Waals surface area contributed by atoms with Gasteiger partial charge in [-0.15, -0.1) is 0 Å². The fourth-order valence-corrected chi connectivity index (χ4v) is 5.18. The minimum absolute atomic E-state index is 0.0585. The molecule has 192 valence electrons. The quantitative estimate of drug-likeness (QED) is 0.613. The Kier molecular flexibility index (Phi) is 9.11. The Balaban J connectivity index is 1.44. The Morgan fingerprint density at radius 1 is 0.972 bits per heavy atom. The van der Waals surface area contributed by atoms with Gasteiger partial charge in [-0.25, -0.2) is 0 Å². The number of hydrogen-bond acceptors (Lipinski definition) is 4. The van der Waals surface area contributed by atoms with Gasteiger partial charge >= 0.3 is 0 Å². The molecule has 1 N–H and O–H groups in total. The Labute approximate surface area is 213 Å². The van der Waals surface area contributed by atoms with Gasteiger partial charge in [-0.3, -0.25) is 19.3 Å². The molecule has 0 radical (unpaired) electrons. The molecule has 1 aliphatic carbocycles. The van der Waals surface area contributed by atoms with Crippen LogP contribution in [-0.4, -0.2) is 65.4 Å². The summed E-state index contributed by atoms with van der Waals surface area (Å²) in [6.07, 6.45) is 13.6. The predicted octanol–water partition coefficient (Wildman–Crippen LogP) is 3.65. The molecular weight excluding hydrogens is 452 g/mol. The molecule has 1 aliphatic heterocycles. The molecule has 2 fully saturated rings. The van der Waals surface area contributed by atoms with Gasteiger partial charge in [0.15, 0.2) is 0 Å². The summed E-state index contributed by atoms with van der Waals surface area (Å²) in [6.45, 7) is 6.42. The Morgan fingerprint density at radius 2 is 1.67 bits per heavy atom. The molecule has 1 saturated carbocycles. The van der Waals surface area contributed by atoms with E-state index in [4.69, 9.17) is 0 Å². The van der Waals surface area contributed by atoms with E-state index in [2.05, 4.69) is 34.5 Å². The molecule has 1 aromatic heterocycles. The second kappa shape index (κ2) is 12.7. The maximum Gasteiger partial charge on any atom is 0.259 e. The summed E-state index contributed by atoms with van der Waals surface area (Å²) in [4.78, 5) is 43.4. The number of pyridine rings is 1. The predicted molar refractivity (Wildman–Crippen MR) is 143 cm³/mol. The Bertz CT molecular complexity index is 1110. The molecule has 7 nitrogen and oxygen atoms in total. The van der Waals surface area contributed by atoms with Gasteiger partial charge in [-0.1, -0.05) is 61.7 Å². The number of nitrogens with zero attached hydrogens (tertiary/aromatic N) is 3. The number of hydrogen-bond donors (Lipinski definition) is 1. The zero-order valence-corrected chi connectivity index (χ0v) is 21.3. The van der Waals surface area contributed by atoms with Crippen molar-refractivity contribution >= 4 is 17.9 Å². The van der Waals surface area contributed by atoms with Crippen LogP contribution >= 0.6 is 0 Å². The summed E-state index contributed by atoms with van der Waals surface area (Å²) in [5.41, 5.74) is 0.858. The van der Waals surface area contributed by atoms with Crippen molar-refractivity contribution in [2.75, 3.05) is 39.3 Å². The van der Waals surface area contributed by atoms with Gasteiger partial charge in [0, 0.05) is 58.2 Å². The molecule has 2 amide bonds. The first-order valence-electron chi connectivity index (χ1n) is 13.3. The van der Waals surface area contributed by atoms with E-state index in [1.165, 1.54) is 24.8 Å². The number of amides is 2. The molecule has 1 aromatic carbocycles. The number of benzene rings is 1. The SMILES string of the molecule is CCNC(=O)c1cn(CC2CCCCC2)cc(C(=O)N2CCN(C/C=C/c3ccccc3)CC2)c1=O. The zero-order valence-electron chi connectivity index (χ0n) is 21.3. The minimum atomic E-state index is -0.473. The van der Waals surface area contributed by atoms with E-state index in [1.54, 1.807) is 17.3 Å². The largest absolute Gasteiger partial charge is 0.352 e. The first-order valence-corrected chi connectivity index (χ1v) is 13.3. The van der Waals surface area contributed by atoms with Crippen LogP contribution in [0.3, 0.4) is 0 Å². The summed E-state index contributed by atoms with van der Waals surface area (Å²) in [6, 6.07) is 10.2. The van der Waals surface area contributed by atoms with Gasteiger partial charge < -0.3 is 14.8 Å². The zero-order chi connectivity index (χ0) is 25.3. The first kappa shape index (κ1) is 25.9. The number of nitrogens with one attached hydrogen (secondary N) is 1. The summed E-state index contributed by atoms with van der Waals surface area (Å²) in [5, 5.41) is 2.73. The molecule has 7 heteroatoms. The molecule has 2 aliphatic rings. The van der Waals surface area contributed by atoms with E-state index in [9.17, 15) is 14.4 Å². The normalized spacial score (nSPS) is 17.4. The fraction of sp³-hybridized carbons (Fsp3) is 0.483. The molecule has 2 aromatic rings. The smallest absolute Gasteiger partial charge is 0.259 e. The van der Waals surface area contributed by atoms with E-state index in [-0.39, 0.29) is 17.0 Å². The minimum Gasteiger partial charge on any atom is -0.352 e. The van der Waals surface area contributed by atoms with Gasteiger partial charge in [0.25, 0.3) is 11.8 Å². The fourth-order valence-electron chi connectivity index (χ4n) is 5.18. The van der Waals surface area contributed by atoms with Gasteiger partial charge in [0.05, 0.1) is 0 Å². The average molecular weight is 491 g/mol.